The summed E-state index contributed by atoms with van der Waals surface area (Å²) in [7, 11) is 0. The summed E-state index contributed by atoms with van der Waals surface area (Å²) in [5.41, 5.74) is 6.37. The minimum absolute atomic E-state index is 1.06. The molecule has 0 aliphatic carbocycles. The molecule has 0 atom stereocenters. The van der Waals surface area contributed by atoms with Crippen molar-refractivity contribution in [2.75, 3.05) is 0 Å². The summed E-state index contributed by atoms with van der Waals surface area (Å²) in [6.07, 6.45) is 1.06. The Kier molecular flexibility index (Phi) is 3.43. The van der Waals surface area contributed by atoms with Gasteiger partial charge in [-0.2, -0.15) is 0 Å². The maximum absolute atomic E-state index is 4.07. The highest BCUT2D eigenvalue weighted by Gasteiger charge is 2.07. The van der Waals surface area contributed by atoms with Crippen molar-refractivity contribution < 1.29 is 0 Å². The molecule has 0 bridgehead atoms. The first-order valence-electron chi connectivity index (χ1n) is 6.07. The van der Waals surface area contributed by atoms with Crippen LogP contribution in [-0.4, -0.2) is 0 Å². The molecule has 0 fully saturated rings. The van der Waals surface area contributed by atoms with Gasteiger partial charge in [-0.05, 0) is 35.6 Å². The molecule has 17 heavy (non-hydrogen) atoms. The highest BCUT2D eigenvalue weighted by molar-refractivity contribution is 5.81. The molecule has 0 radical (unpaired) electrons. The molecule has 2 aromatic rings. The molecule has 0 nitrogen and oxygen atoms in total. The Bertz CT molecular complexity index is 535. The summed E-state index contributed by atoms with van der Waals surface area (Å²) in [5, 5.41) is 0. The second-order valence-electron chi connectivity index (χ2n) is 4.34. The summed E-state index contributed by atoms with van der Waals surface area (Å²) in [4.78, 5) is 0. The Morgan fingerprint density at radius 1 is 0.941 bits per heavy atom. The fourth-order valence-electron chi connectivity index (χ4n) is 2.18. The normalized spacial score (nSPS) is 10.2. The molecule has 0 unspecified atom stereocenters. The summed E-state index contributed by atoms with van der Waals surface area (Å²) >= 11 is 0. The molecule has 0 saturated heterocycles. The van der Waals surface area contributed by atoms with Crippen LogP contribution in [0.3, 0.4) is 0 Å². The molecule has 0 heterocycles. The highest BCUT2D eigenvalue weighted by Crippen LogP contribution is 2.30. The standard InChI is InChI=1S/C17H18/c1-4-14-9-5-6-11-16(14)17-12-8-7-10-15(17)13(2)3/h5-12H,2,4H2,1,3H3. The fraction of sp³-hybridized carbons (Fsp3) is 0.176. The molecule has 0 aliphatic heterocycles. The van der Waals surface area contributed by atoms with Crippen LogP contribution >= 0.6 is 0 Å². The Labute approximate surface area is 104 Å². The zero-order valence-corrected chi connectivity index (χ0v) is 10.5. The van der Waals surface area contributed by atoms with Crippen molar-refractivity contribution in [2.45, 2.75) is 20.3 Å². The van der Waals surface area contributed by atoms with Crippen LogP contribution in [0.5, 0.6) is 0 Å². The lowest BCUT2D eigenvalue weighted by Gasteiger charge is -2.12. The van der Waals surface area contributed by atoms with Crippen molar-refractivity contribution in [3.8, 4) is 11.1 Å². The number of hydrogen-bond donors (Lipinski definition) is 0. The van der Waals surface area contributed by atoms with Crippen molar-refractivity contribution in [1.29, 1.82) is 0 Å². The van der Waals surface area contributed by atoms with Gasteiger partial charge in [0.05, 0.1) is 0 Å². The Balaban J connectivity index is 2.64. The molecule has 0 spiro atoms. The van der Waals surface area contributed by atoms with Crippen molar-refractivity contribution in [3.63, 3.8) is 0 Å². The first-order valence-corrected chi connectivity index (χ1v) is 6.07. The average molecular weight is 222 g/mol. The summed E-state index contributed by atoms with van der Waals surface area (Å²) in [6.45, 7) is 8.33. The van der Waals surface area contributed by atoms with Gasteiger partial charge in [-0.15, -0.1) is 0 Å². The van der Waals surface area contributed by atoms with E-state index in [0.717, 1.165) is 12.0 Å². The van der Waals surface area contributed by atoms with Crippen molar-refractivity contribution in [2.24, 2.45) is 0 Å². The fourth-order valence-corrected chi connectivity index (χ4v) is 2.18. The molecule has 0 heteroatoms. The van der Waals surface area contributed by atoms with Gasteiger partial charge in [0.15, 0.2) is 0 Å². The topological polar surface area (TPSA) is 0 Å². The minimum Gasteiger partial charge on any atom is -0.0955 e. The monoisotopic (exact) mass is 222 g/mol. The first kappa shape index (κ1) is 11.7. The molecule has 0 aliphatic rings. The zero-order valence-electron chi connectivity index (χ0n) is 10.5. The quantitative estimate of drug-likeness (QED) is 0.689. The van der Waals surface area contributed by atoms with Gasteiger partial charge in [-0.3, -0.25) is 0 Å². The maximum atomic E-state index is 4.07. The Morgan fingerprint density at radius 3 is 2.18 bits per heavy atom. The van der Waals surface area contributed by atoms with E-state index in [-0.39, 0.29) is 0 Å². The van der Waals surface area contributed by atoms with Crippen molar-refractivity contribution in [3.05, 3.63) is 66.2 Å². The zero-order chi connectivity index (χ0) is 12.3. The predicted molar refractivity (Wildman–Crippen MR) is 76.0 cm³/mol. The third-order valence-electron chi connectivity index (χ3n) is 3.08. The van der Waals surface area contributed by atoms with Crippen LogP contribution in [0.2, 0.25) is 0 Å². The molecular formula is C17H18. The van der Waals surface area contributed by atoms with E-state index in [4.69, 9.17) is 0 Å². The van der Waals surface area contributed by atoms with Gasteiger partial charge >= 0.3 is 0 Å². The van der Waals surface area contributed by atoms with E-state index in [9.17, 15) is 0 Å². The predicted octanol–water partition coefficient (Wildman–Crippen LogP) is 4.95. The molecule has 2 aromatic carbocycles. The third-order valence-corrected chi connectivity index (χ3v) is 3.08. The van der Waals surface area contributed by atoms with Crippen LogP contribution in [0.1, 0.15) is 25.0 Å². The van der Waals surface area contributed by atoms with E-state index < -0.39 is 0 Å². The lowest BCUT2D eigenvalue weighted by Crippen LogP contribution is -1.91. The largest absolute Gasteiger partial charge is 0.0955 e. The molecule has 0 aromatic heterocycles. The van der Waals surface area contributed by atoms with Gasteiger partial charge in [0.2, 0.25) is 0 Å². The summed E-state index contributed by atoms with van der Waals surface area (Å²) in [6, 6.07) is 17.1. The van der Waals surface area contributed by atoms with Crippen LogP contribution in [0.25, 0.3) is 16.7 Å². The first-order chi connectivity index (χ1) is 8.24. The molecule has 2 rings (SSSR count). The lowest BCUT2D eigenvalue weighted by molar-refractivity contribution is 1.14. The molecule has 86 valence electrons. The van der Waals surface area contributed by atoms with Gasteiger partial charge in [0, 0.05) is 0 Å². The van der Waals surface area contributed by atoms with Crippen LogP contribution < -0.4 is 0 Å². The van der Waals surface area contributed by atoms with Gasteiger partial charge in [-0.25, -0.2) is 0 Å². The SMILES string of the molecule is C=C(C)c1ccccc1-c1ccccc1CC. The minimum atomic E-state index is 1.06. The van der Waals surface area contributed by atoms with E-state index in [1.807, 2.05) is 0 Å². The van der Waals surface area contributed by atoms with Crippen LogP contribution in [0.15, 0.2) is 55.1 Å². The van der Waals surface area contributed by atoms with Gasteiger partial charge < -0.3 is 0 Å². The molecule has 0 saturated carbocycles. The van der Waals surface area contributed by atoms with Crippen LogP contribution in [-0.2, 0) is 6.42 Å². The third kappa shape index (κ3) is 2.31. The van der Waals surface area contributed by atoms with E-state index in [1.54, 1.807) is 0 Å². The van der Waals surface area contributed by atoms with E-state index >= 15 is 0 Å². The highest BCUT2D eigenvalue weighted by atomic mass is 14.1. The van der Waals surface area contributed by atoms with Gasteiger partial charge in [0.1, 0.15) is 0 Å². The second-order valence-corrected chi connectivity index (χ2v) is 4.34. The molecule has 0 amide bonds. The number of allylic oxidation sites excluding steroid dienone is 1. The smallest absolute Gasteiger partial charge is 0.0106 e. The average Bonchev–Trinajstić information content (AvgIpc) is 2.38. The van der Waals surface area contributed by atoms with E-state index in [1.165, 1.54) is 22.3 Å². The second kappa shape index (κ2) is 5.01. The number of rotatable bonds is 3. The number of hydrogen-bond acceptors (Lipinski definition) is 0. The number of benzene rings is 2. The molecular weight excluding hydrogens is 204 g/mol. The molecule has 0 N–H and O–H groups in total. The number of aryl methyl sites for hydroxylation is 1. The summed E-state index contributed by atoms with van der Waals surface area (Å²) in [5.74, 6) is 0. The van der Waals surface area contributed by atoms with Crippen molar-refractivity contribution >= 4 is 5.57 Å². The van der Waals surface area contributed by atoms with Gasteiger partial charge in [0.25, 0.3) is 0 Å². The Hall–Kier alpha value is -1.82. The van der Waals surface area contributed by atoms with Gasteiger partial charge in [-0.1, -0.05) is 67.6 Å². The van der Waals surface area contributed by atoms with Crippen LogP contribution in [0, 0.1) is 0 Å². The Morgan fingerprint density at radius 2 is 1.53 bits per heavy atom. The lowest BCUT2D eigenvalue weighted by atomic mass is 9.92. The van der Waals surface area contributed by atoms with E-state index in [0.29, 0.717) is 0 Å². The summed E-state index contributed by atoms with van der Waals surface area (Å²) < 4.78 is 0. The van der Waals surface area contributed by atoms with E-state index in [2.05, 4.69) is 69.0 Å². The van der Waals surface area contributed by atoms with Crippen LogP contribution in [0.4, 0.5) is 0 Å². The van der Waals surface area contributed by atoms with Crippen molar-refractivity contribution in [1.82, 2.24) is 0 Å². The maximum Gasteiger partial charge on any atom is -0.0106 e.